The molecule has 0 saturated carbocycles. The highest BCUT2D eigenvalue weighted by Crippen LogP contribution is 2.27. The number of sulfonamides is 1. The van der Waals surface area contributed by atoms with E-state index in [1.54, 1.807) is 20.8 Å². The van der Waals surface area contributed by atoms with Crippen LogP contribution >= 0.6 is 0 Å². The zero-order valence-electron chi connectivity index (χ0n) is 16.3. The van der Waals surface area contributed by atoms with Gasteiger partial charge in [0.15, 0.2) is 0 Å². The third-order valence-electron chi connectivity index (χ3n) is 3.89. The maximum Gasteiger partial charge on any atom is 0.573 e. The van der Waals surface area contributed by atoms with Crippen molar-refractivity contribution in [2.75, 3.05) is 19.6 Å². The molecule has 0 unspecified atom stereocenters. The van der Waals surface area contributed by atoms with Crippen molar-refractivity contribution in [2.45, 2.75) is 43.8 Å². The molecule has 1 fully saturated rings. The second-order valence-electron chi connectivity index (χ2n) is 7.36. The van der Waals surface area contributed by atoms with Crippen LogP contribution in [-0.2, 0) is 14.8 Å². The van der Waals surface area contributed by atoms with E-state index in [4.69, 9.17) is 4.74 Å². The highest BCUT2D eigenvalue weighted by atomic mass is 32.2. The predicted octanol–water partition coefficient (Wildman–Crippen LogP) is 2.23. The highest BCUT2D eigenvalue weighted by molar-refractivity contribution is 7.89. The molecule has 2 N–H and O–H groups in total. The summed E-state index contributed by atoms with van der Waals surface area (Å²) in [5.41, 5.74) is -0.811. The van der Waals surface area contributed by atoms with Crippen LogP contribution in [0, 0.1) is 0 Å². The number of hydrogen-bond donors (Lipinski definition) is 2. The molecule has 170 valence electrons. The zero-order valence-corrected chi connectivity index (χ0v) is 17.1. The van der Waals surface area contributed by atoms with Crippen LogP contribution in [0.3, 0.4) is 0 Å². The number of carbonyl (C=O) groups excluding carboxylic acids is 1. The van der Waals surface area contributed by atoms with Gasteiger partial charge >= 0.3 is 12.5 Å². The minimum Gasteiger partial charge on any atom is -0.444 e. The van der Waals surface area contributed by atoms with Gasteiger partial charge in [-0.15, -0.1) is 13.2 Å². The number of amides is 1. The second-order valence-corrected chi connectivity index (χ2v) is 9.25. The van der Waals surface area contributed by atoms with E-state index in [9.17, 15) is 36.8 Å². The molecule has 1 aromatic carbocycles. The minimum absolute atomic E-state index is 0.103. The summed E-state index contributed by atoms with van der Waals surface area (Å²) in [5.74, 6) is -0.612. The molecule has 1 amide bonds. The van der Waals surface area contributed by atoms with Gasteiger partial charge in [-0.2, -0.15) is 4.31 Å². The van der Waals surface area contributed by atoms with Crippen LogP contribution in [0.15, 0.2) is 29.2 Å². The lowest BCUT2D eigenvalue weighted by atomic mass is 10.2. The fourth-order valence-electron chi connectivity index (χ4n) is 2.66. The zero-order chi connectivity index (χ0) is 22.9. The summed E-state index contributed by atoms with van der Waals surface area (Å²) in [5, 5.41) is 18.7. The molecular weight excluding hydrogens is 435 g/mol. The first-order valence-corrected chi connectivity index (χ1v) is 10.1. The average Bonchev–Trinajstić information content (AvgIpc) is 2.58. The van der Waals surface area contributed by atoms with E-state index in [1.807, 2.05) is 0 Å². The van der Waals surface area contributed by atoms with Crippen LogP contribution < -0.4 is 4.74 Å². The average molecular weight is 457 g/mol. The summed E-state index contributed by atoms with van der Waals surface area (Å²) in [7, 11) is -4.34. The van der Waals surface area contributed by atoms with E-state index < -0.39 is 51.4 Å². The van der Waals surface area contributed by atoms with E-state index in [1.165, 1.54) is 0 Å². The number of ether oxygens (including phenoxy) is 2. The van der Waals surface area contributed by atoms with Crippen molar-refractivity contribution in [1.82, 2.24) is 14.4 Å². The third-order valence-corrected chi connectivity index (χ3v) is 5.80. The Kier molecular flexibility index (Phi) is 6.88. The van der Waals surface area contributed by atoms with Gasteiger partial charge in [0.25, 0.3) is 0 Å². The number of carbonyl (C=O) groups is 1. The molecule has 0 aromatic heterocycles. The van der Waals surface area contributed by atoms with Gasteiger partial charge in [-0.05, 0) is 45.0 Å². The summed E-state index contributed by atoms with van der Waals surface area (Å²) in [6, 6.07) is 3.43. The number of alkyl halides is 3. The van der Waals surface area contributed by atoms with Crippen molar-refractivity contribution in [3.63, 3.8) is 0 Å². The first kappa shape index (κ1) is 24.1. The normalized spacial score (nSPS) is 19.1. The van der Waals surface area contributed by atoms with Gasteiger partial charge in [-0.3, -0.25) is 10.4 Å². The van der Waals surface area contributed by atoms with E-state index in [0.717, 1.165) is 29.2 Å². The maximum atomic E-state index is 12.9. The molecule has 1 atom stereocenters. The van der Waals surface area contributed by atoms with E-state index in [2.05, 4.69) is 4.74 Å². The Balaban J connectivity index is 2.21. The molecule has 1 aliphatic heterocycles. The second kappa shape index (κ2) is 8.55. The van der Waals surface area contributed by atoms with Crippen LogP contribution in [0.25, 0.3) is 0 Å². The van der Waals surface area contributed by atoms with Crippen LogP contribution in [0.4, 0.5) is 18.0 Å². The maximum absolute atomic E-state index is 12.9. The van der Waals surface area contributed by atoms with Crippen molar-refractivity contribution in [3.05, 3.63) is 24.3 Å². The summed E-state index contributed by atoms with van der Waals surface area (Å²) in [6.45, 7) is 4.08. The third kappa shape index (κ3) is 6.18. The van der Waals surface area contributed by atoms with Gasteiger partial charge in [0, 0.05) is 13.1 Å². The summed E-state index contributed by atoms with van der Waals surface area (Å²) < 4.78 is 72.2. The predicted molar refractivity (Wildman–Crippen MR) is 94.0 cm³/mol. The molecule has 0 radical (unpaired) electrons. The van der Waals surface area contributed by atoms with Crippen molar-refractivity contribution < 1.29 is 46.3 Å². The van der Waals surface area contributed by atoms with E-state index in [0.29, 0.717) is 4.31 Å². The molecule has 30 heavy (non-hydrogen) atoms. The van der Waals surface area contributed by atoms with Crippen molar-refractivity contribution in [1.29, 1.82) is 0 Å². The summed E-state index contributed by atoms with van der Waals surface area (Å²) in [6.07, 6.45) is -7.26. The molecule has 2 rings (SSSR count). The van der Waals surface area contributed by atoms with Crippen molar-refractivity contribution >= 4 is 16.1 Å². The lowest BCUT2D eigenvalue weighted by molar-refractivity contribution is -0.351. The Labute approximate surface area is 170 Å². The number of rotatable bonds is 4. The number of piperazine rings is 1. The molecule has 0 bridgehead atoms. The van der Waals surface area contributed by atoms with Gasteiger partial charge in [0.2, 0.25) is 10.0 Å². The van der Waals surface area contributed by atoms with Gasteiger partial charge in [-0.25, -0.2) is 13.2 Å². The van der Waals surface area contributed by atoms with Gasteiger partial charge < -0.3 is 14.4 Å². The largest absolute Gasteiger partial charge is 0.573 e. The molecule has 1 saturated heterocycles. The van der Waals surface area contributed by atoms with Crippen molar-refractivity contribution in [2.24, 2.45) is 0 Å². The quantitative estimate of drug-likeness (QED) is 0.661. The van der Waals surface area contributed by atoms with Crippen LogP contribution in [0.5, 0.6) is 5.75 Å². The molecule has 0 spiro atoms. The smallest absolute Gasteiger partial charge is 0.444 e. The Morgan fingerprint density at radius 3 is 2.17 bits per heavy atom. The molecule has 1 aromatic rings. The molecule has 0 aliphatic carbocycles. The van der Waals surface area contributed by atoms with Crippen LogP contribution in [-0.4, -0.2) is 77.1 Å². The van der Waals surface area contributed by atoms with Gasteiger partial charge in [-0.1, -0.05) is 5.23 Å². The highest BCUT2D eigenvalue weighted by Gasteiger charge is 2.41. The summed E-state index contributed by atoms with van der Waals surface area (Å²) >= 11 is 0. The van der Waals surface area contributed by atoms with E-state index in [-0.39, 0.29) is 18.3 Å². The first-order valence-electron chi connectivity index (χ1n) is 8.63. The standard InChI is InChI=1S/C16H22F3N3O7S/c1-15(2,3)29-14(23)20-8-9-21(13(10-20)22(24)25)30(26,27)12-6-4-11(5-7-12)28-16(17,18)19/h4-7,13,24-25H,8-10H2,1-3H3/t13-/m0/s1. The fraction of sp³-hybridized carbons (Fsp3) is 0.562. The number of hydrogen-bond acceptors (Lipinski definition) is 8. The summed E-state index contributed by atoms with van der Waals surface area (Å²) in [4.78, 5) is 12.9. The monoisotopic (exact) mass is 457 g/mol. The van der Waals surface area contributed by atoms with Crippen LogP contribution in [0.1, 0.15) is 20.8 Å². The molecule has 1 heterocycles. The minimum atomic E-state index is -4.93. The lowest BCUT2D eigenvalue weighted by Crippen LogP contribution is -2.61. The number of benzene rings is 1. The lowest BCUT2D eigenvalue weighted by Gasteiger charge is -2.41. The molecule has 14 heteroatoms. The SMILES string of the molecule is CC(C)(C)OC(=O)N1CCN(S(=O)(=O)c2ccc(OC(F)(F)F)cc2)[C@@H](N(O)O)C1. The van der Waals surface area contributed by atoms with E-state index >= 15 is 0 Å². The number of halogens is 3. The topological polar surface area (TPSA) is 120 Å². The van der Waals surface area contributed by atoms with Gasteiger partial charge in [0.05, 0.1) is 11.4 Å². The molecular formula is C16H22F3N3O7S. The Hall–Kier alpha value is -2.13. The molecule has 1 aliphatic rings. The fourth-order valence-corrected chi connectivity index (χ4v) is 4.20. The van der Waals surface area contributed by atoms with Gasteiger partial charge in [0.1, 0.15) is 17.5 Å². The number of nitrogens with zero attached hydrogens (tertiary/aromatic N) is 3. The Bertz CT molecular complexity index is 854. The Morgan fingerprint density at radius 2 is 1.70 bits per heavy atom. The van der Waals surface area contributed by atoms with Crippen LogP contribution in [0.2, 0.25) is 0 Å². The Morgan fingerprint density at radius 1 is 1.13 bits per heavy atom. The number of hydroxylamine groups is 2. The van der Waals surface area contributed by atoms with Crippen molar-refractivity contribution in [3.8, 4) is 5.75 Å². The molecule has 10 nitrogen and oxygen atoms in total. The first-order chi connectivity index (χ1) is 13.6.